The normalized spacial score (nSPS) is 17.9. The Morgan fingerprint density at radius 3 is 2.79 bits per heavy atom. The number of ether oxygens (including phenoxy) is 2. The Labute approximate surface area is 248 Å². The molecule has 0 radical (unpaired) electrons. The largest absolute Gasteiger partial charge is 0.491 e. The third-order valence-electron chi connectivity index (χ3n) is 7.21. The molecule has 5 rings (SSSR count). The van der Waals surface area contributed by atoms with Crippen LogP contribution in [0.25, 0.3) is 10.9 Å². The summed E-state index contributed by atoms with van der Waals surface area (Å²) in [7, 11) is 1.97. The van der Waals surface area contributed by atoms with Crippen LogP contribution < -0.4 is 15.4 Å². The minimum absolute atomic E-state index is 0.0148. The molecule has 2 fully saturated rings. The molecule has 222 valence electrons. The van der Waals surface area contributed by atoms with E-state index in [1.54, 1.807) is 31.2 Å². The molecule has 2 heterocycles. The van der Waals surface area contributed by atoms with Crippen molar-refractivity contribution in [2.45, 2.75) is 25.8 Å². The lowest BCUT2D eigenvalue weighted by Crippen LogP contribution is -2.55. The van der Waals surface area contributed by atoms with Crippen LogP contribution in [0.2, 0.25) is 5.02 Å². The maximum atomic E-state index is 13.7. The molecule has 1 aliphatic heterocycles. The van der Waals surface area contributed by atoms with E-state index in [1.807, 2.05) is 11.9 Å². The fraction of sp³-hybridized carbons (Fsp3) is 0.400. The number of fused-ring (bicyclic) bond motifs is 1. The van der Waals surface area contributed by atoms with Crippen LogP contribution in [0.5, 0.6) is 5.75 Å². The fourth-order valence-corrected chi connectivity index (χ4v) is 4.89. The number of benzene rings is 2. The average Bonchev–Trinajstić information content (AvgIpc) is 3.80. The summed E-state index contributed by atoms with van der Waals surface area (Å²) in [5.41, 5.74) is 1.63. The molecule has 2 N–H and O–H groups in total. The monoisotopic (exact) mass is 596 g/mol. The number of piperazine rings is 1. The van der Waals surface area contributed by atoms with Crippen molar-refractivity contribution in [2.75, 3.05) is 57.1 Å². The molecule has 0 spiro atoms. The number of hydrogen-bond donors (Lipinski definition) is 2. The third-order valence-corrected chi connectivity index (χ3v) is 7.50. The van der Waals surface area contributed by atoms with Gasteiger partial charge in [-0.3, -0.25) is 14.5 Å². The Kier molecular flexibility index (Phi) is 9.51. The zero-order valence-corrected chi connectivity index (χ0v) is 24.4. The highest BCUT2D eigenvalue weighted by molar-refractivity contribution is 6.31. The Morgan fingerprint density at radius 1 is 1.19 bits per heavy atom. The van der Waals surface area contributed by atoms with Crippen LogP contribution in [0.3, 0.4) is 0 Å². The molecule has 0 bridgehead atoms. The summed E-state index contributed by atoms with van der Waals surface area (Å²) >= 11 is 5.96. The Hall–Kier alpha value is -3.80. The number of carbonyl (C=O) groups excluding carboxylic acids is 2. The van der Waals surface area contributed by atoms with Gasteiger partial charge in [-0.15, -0.1) is 0 Å². The first-order valence-corrected chi connectivity index (χ1v) is 14.4. The lowest BCUT2D eigenvalue weighted by molar-refractivity contribution is -0.151. The highest BCUT2D eigenvalue weighted by Crippen LogP contribution is 2.36. The molecule has 1 amide bonds. The Bertz CT molecular complexity index is 1480. The van der Waals surface area contributed by atoms with Crippen molar-refractivity contribution in [2.24, 2.45) is 5.92 Å². The van der Waals surface area contributed by atoms with Crippen LogP contribution in [0, 0.1) is 11.7 Å². The molecule has 3 aromatic rings. The number of amides is 1. The Balaban J connectivity index is 1.34. The van der Waals surface area contributed by atoms with Crippen LogP contribution in [0.4, 0.5) is 21.6 Å². The molecule has 2 aromatic carbocycles. The van der Waals surface area contributed by atoms with Crippen molar-refractivity contribution in [3.63, 3.8) is 0 Å². The molecule has 12 heteroatoms. The zero-order chi connectivity index (χ0) is 29.6. The minimum Gasteiger partial charge on any atom is -0.491 e. The van der Waals surface area contributed by atoms with Crippen molar-refractivity contribution in [3.05, 3.63) is 59.7 Å². The number of esters is 1. The maximum absolute atomic E-state index is 13.7. The van der Waals surface area contributed by atoms with Crippen molar-refractivity contribution in [1.29, 1.82) is 0 Å². The lowest BCUT2D eigenvalue weighted by atomic mass is 10.1. The van der Waals surface area contributed by atoms with Crippen LogP contribution in [-0.4, -0.2) is 84.1 Å². The number of anilines is 3. The highest BCUT2D eigenvalue weighted by Gasteiger charge is 2.31. The summed E-state index contributed by atoms with van der Waals surface area (Å²) in [4.78, 5) is 38.4. The van der Waals surface area contributed by atoms with E-state index < -0.39 is 5.82 Å². The lowest BCUT2D eigenvalue weighted by Gasteiger charge is -2.37. The standard InChI is InChI=1S/C30H34ClFN6O4/c1-3-41-30(40)26-16-37(2)11-12-38(26)10-4-5-28(39)36-25-14-21-24(15-27(25)42-17-19-6-7-19)33-18-34-29(21)35-20-8-9-23(32)22(31)13-20/h4-5,8-9,13-15,18-19,26H,3,6-7,10-12,16-17H2,1-2H3,(H,36,39)(H,33,34,35). The quantitative estimate of drug-likeness (QED) is 0.242. The van der Waals surface area contributed by atoms with Gasteiger partial charge in [0.2, 0.25) is 5.91 Å². The number of nitrogens with one attached hydrogen (secondary N) is 2. The van der Waals surface area contributed by atoms with E-state index in [-0.39, 0.29) is 22.9 Å². The number of nitrogens with zero attached hydrogens (tertiary/aromatic N) is 4. The summed E-state index contributed by atoms with van der Waals surface area (Å²) in [5, 5.41) is 6.70. The zero-order valence-electron chi connectivity index (χ0n) is 23.6. The van der Waals surface area contributed by atoms with Gasteiger partial charge in [0, 0.05) is 49.4 Å². The van der Waals surface area contributed by atoms with E-state index in [0.29, 0.717) is 72.6 Å². The minimum atomic E-state index is -0.519. The van der Waals surface area contributed by atoms with Gasteiger partial charge in [-0.1, -0.05) is 17.7 Å². The van der Waals surface area contributed by atoms with Gasteiger partial charge in [0.05, 0.1) is 29.4 Å². The van der Waals surface area contributed by atoms with E-state index in [1.165, 1.54) is 24.5 Å². The van der Waals surface area contributed by atoms with Crippen LogP contribution >= 0.6 is 11.6 Å². The Morgan fingerprint density at radius 2 is 2.02 bits per heavy atom. The molecular formula is C30H34ClFN6O4. The van der Waals surface area contributed by atoms with Gasteiger partial charge in [-0.2, -0.15) is 0 Å². The van der Waals surface area contributed by atoms with Crippen molar-refractivity contribution in [1.82, 2.24) is 19.8 Å². The van der Waals surface area contributed by atoms with Gasteiger partial charge >= 0.3 is 5.97 Å². The molecule has 1 saturated carbocycles. The first-order valence-electron chi connectivity index (χ1n) is 14.0. The molecular weight excluding hydrogens is 563 g/mol. The van der Waals surface area contributed by atoms with Crippen molar-refractivity contribution < 1.29 is 23.5 Å². The second-order valence-corrected chi connectivity index (χ2v) is 10.9. The first kappa shape index (κ1) is 29.7. The van der Waals surface area contributed by atoms with Gasteiger partial charge in [0.15, 0.2) is 0 Å². The third kappa shape index (κ3) is 7.53. The molecule has 2 aliphatic rings. The van der Waals surface area contributed by atoms with Gasteiger partial charge < -0.3 is 25.0 Å². The van der Waals surface area contributed by atoms with Crippen molar-refractivity contribution >= 4 is 51.6 Å². The average molecular weight is 597 g/mol. The van der Waals surface area contributed by atoms with Crippen LogP contribution in [0.1, 0.15) is 19.8 Å². The number of likely N-dealkylation sites (N-methyl/N-ethyl adjacent to an activating group) is 1. The first-order chi connectivity index (χ1) is 20.3. The molecule has 1 unspecified atom stereocenters. The molecule has 1 saturated heterocycles. The predicted molar refractivity (Wildman–Crippen MR) is 160 cm³/mol. The summed E-state index contributed by atoms with van der Waals surface area (Å²) in [6.07, 6.45) is 6.86. The van der Waals surface area contributed by atoms with Crippen LogP contribution in [-0.2, 0) is 14.3 Å². The van der Waals surface area contributed by atoms with E-state index >= 15 is 0 Å². The molecule has 1 atom stereocenters. The summed E-state index contributed by atoms with van der Waals surface area (Å²) in [6.45, 7) is 5.16. The van der Waals surface area contributed by atoms with Gasteiger partial charge in [0.1, 0.15) is 29.8 Å². The number of rotatable bonds is 11. The second kappa shape index (κ2) is 13.5. The number of halogens is 2. The number of aromatic nitrogens is 2. The summed E-state index contributed by atoms with van der Waals surface area (Å²) < 4.78 is 25.0. The highest BCUT2D eigenvalue weighted by atomic mass is 35.5. The van der Waals surface area contributed by atoms with Crippen LogP contribution in [0.15, 0.2) is 48.8 Å². The van der Waals surface area contributed by atoms with Gasteiger partial charge in [0.25, 0.3) is 0 Å². The molecule has 42 heavy (non-hydrogen) atoms. The van der Waals surface area contributed by atoms with Gasteiger partial charge in [-0.25, -0.2) is 14.4 Å². The van der Waals surface area contributed by atoms with E-state index in [2.05, 4.69) is 25.5 Å². The van der Waals surface area contributed by atoms with E-state index in [9.17, 15) is 14.0 Å². The van der Waals surface area contributed by atoms with Crippen molar-refractivity contribution in [3.8, 4) is 5.75 Å². The molecule has 1 aromatic heterocycles. The fourth-order valence-electron chi connectivity index (χ4n) is 4.71. The van der Waals surface area contributed by atoms with E-state index in [4.69, 9.17) is 21.1 Å². The maximum Gasteiger partial charge on any atom is 0.324 e. The smallest absolute Gasteiger partial charge is 0.324 e. The number of carbonyl (C=O) groups is 2. The summed E-state index contributed by atoms with van der Waals surface area (Å²) in [5.74, 6) is 0.351. The van der Waals surface area contributed by atoms with Gasteiger partial charge in [-0.05, 0) is 57.0 Å². The summed E-state index contributed by atoms with van der Waals surface area (Å²) in [6, 6.07) is 7.44. The van der Waals surface area contributed by atoms with E-state index in [0.717, 1.165) is 19.4 Å². The SMILES string of the molecule is CCOC(=O)C1CN(C)CCN1CC=CC(=O)Nc1cc2c(Nc3ccc(F)c(Cl)c3)ncnc2cc1OCC1CC1. The predicted octanol–water partition coefficient (Wildman–Crippen LogP) is 4.63. The molecule has 1 aliphatic carbocycles. The topological polar surface area (TPSA) is 109 Å². The number of hydrogen-bond acceptors (Lipinski definition) is 9. The second-order valence-electron chi connectivity index (χ2n) is 10.5. The molecule has 10 nitrogen and oxygen atoms in total.